The Balaban J connectivity index is 1.48. The maximum Gasteiger partial charge on any atom is 0.233 e. The number of para-hydroxylation sites is 2. The minimum absolute atomic E-state index is 0.0363. The molecule has 1 aromatic heterocycles. The standard InChI is InChI=1S/C24H28N4O3S/c1-17-9-6-7-13-21(17)31-16-22-26-27-24(28(22)19-10-4-3-5-11-19)32-18(2)23(29)25-15-20-12-8-14-30-20/h3-7,9-11,13,18,20H,8,12,14-16H2,1-2H3,(H,25,29). The van der Waals surface area contributed by atoms with E-state index in [1.165, 1.54) is 11.8 Å². The van der Waals surface area contributed by atoms with Gasteiger partial charge in [-0.2, -0.15) is 0 Å². The first-order valence-corrected chi connectivity index (χ1v) is 11.7. The van der Waals surface area contributed by atoms with E-state index in [0.717, 1.165) is 36.4 Å². The van der Waals surface area contributed by atoms with Gasteiger partial charge in [-0.3, -0.25) is 9.36 Å². The molecule has 1 amide bonds. The van der Waals surface area contributed by atoms with E-state index in [1.807, 2.05) is 73.0 Å². The largest absolute Gasteiger partial charge is 0.485 e. The van der Waals surface area contributed by atoms with E-state index >= 15 is 0 Å². The van der Waals surface area contributed by atoms with E-state index in [4.69, 9.17) is 9.47 Å². The first-order valence-electron chi connectivity index (χ1n) is 10.9. The highest BCUT2D eigenvalue weighted by molar-refractivity contribution is 8.00. The molecule has 1 N–H and O–H groups in total. The van der Waals surface area contributed by atoms with Crippen molar-refractivity contribution in [3.8, 4) is 11.4 Å². The first kappa shape index (κ1) is 22.4. The van der Waals surface area contributed by atoms with Crippen molar-refractivity contribution < 1.29 is 14.3 Å². The number of benzene rings is 2. The average Bonchev–Trinajstić information content (AvgIpc) is 3.47. The van der Waals surface area contributed by atoms with E-state index < -0.39 is 0 Å². The van der Waals surface area contributed by atoms with Crippen LogP contribution in [0.1, 0.15) is 31.2 Å². The van der Waals surface area contributed by atoms with Gasteiger partial charge in [0.1, 0.15) is 12.4 Å². The quantitative estimate of drug-likeness (QED) is 0.496. The van der Waals surface area contributed by atoms with Gasteiger partial charge in [0.15, 0.2) is 11.0 Å². The van der Waals surface area contributed by atoms with Gasteiger partial charge in [0.25, 0.3) is 0 Å². The number of hydrogen-bond donors (Lipinski definition) is 1. The fourth-order valence-corrected chi connectivity index (χ4v) is 4.45. The second kappa shape index (κ2) is 10.7. The van der Waals surface area contributed by atoms with Gasteiger partial charge in [-0.1, -0.05) is 48.2 Å². The second-order valence-electron chi connectivity index (χ2n) is 7.76. The van der Waals surface area contributed by atoms with E-state index in [0.29, 0.717) is 17.5 Å². The SMILES string of the molecule is Cc1ccccc1OCc1nnc(SC(C)C(=O)NCC2CCCO2)n1-c1ccccc1. The molecule has 0 radical (unpaired) electrons. The van der Waals surface area contributed by atoms with Crippen LogP contribution in [0.15, 0.2) is 59.8 Å². The maximum absolute atomic E-state index is 12.6. The topological polar surface area (TPSA) is 78.3 Å². The number of amides is 1. The number of carbonyl (C=O) groups excluding carboxylic acids is 1. The normalized spacial score (nSPS) is 16.6. The lowest BCUT2D eigenvalue weighted by Crippen LogP contribution is -2.36. The third kappa shape index (κ3) is 5.49. The molecule has 0 saturated carbocycles. The number of nitrogens with zero attached hydrogens (tertiary/aromatic N) is 3. The van der Waals surface area contributed by atoms with E-state index in [-0.39, 0.29) is 23.9 Å². The number of carbonyl (C=O) groups is 1. The predicted octanol–water partition coefficient (Wildman–Crippen LogP) is 3.93. The third-order valence-electron chi connectivity index (χ3n) is 5.34. The Kier molecular flexibility index (Phi) is 7.44. The second-order valence-corrected chi connectivity index (χ2v) is 9.07. The van der Waals surface area contributed by atoms with Crippen LogP contribution in [0.2, 0.25) is 0 Å². The lowest BCUT2D eigenvalue weighted by Gasteiger charge is -2.16. The van der Waals surface area contributed by atoms with Crippen molar-refractivity contribution in [3.05, 3.63) is 66.0 Å². The van der Waals surface area contributed by atoms with E-state index in [2.05, 4.69) is 15.5 Å². The van der Waals surface area contributed by atoms with Gasteiger partial charge in [0.05, 0.1) is 11.4 Å². The third-order valence-corrected chi connectivity index (χ3v) is 6.39. The molecule has 0 bridgehead atoms. The molecule has 1 fully saturated rings. The van der Waals surface area contributed by atoms with Crippen molar-refractivity contribution in [1.29, 1.82) is 0 Å². The zero-order chi connectivity index (χ0) is 22.3. The summed E-state index contributed by atoms with van der Waals surface area (Å²) in [6, 6.07) is 17.8. The van der Waals surface area contributed by atoms with Crippen LogP contribution in [0.3, 0.4) is 0 Å². The van der Waals surface area contributed by atoms with Crippen LogP contribution in [0.4, 0.5) is 0 Å². The molecule has 2 unspecified atom stereocenters. The minimum atomic E-state index is -0.326. The summed E-state index contributed by atoms with van der Waals surface area (Å²) in [6.07, 6.45) is 2.17. The molecule has 2 atom stereocenters. The van der Waals surface area contributed by atoms with Crippen molar-refractivity contribution in [2.75, 3.05) is 13.2 Å². The van der Waals surface area contributed by atoms with Crippen molar-refractivity contribution in [2.24, 2.45) is 0 Å². The average molecular weight is 453 g/mol. The van der Waals surface area contributed by atoms with Crippen molar-refractivity contribution in [3.63, 3.8) is 0 Å². The summed E-state index contributed by atoms with van der Waals surface area (Å²) in [5, 5.41) is 12.1. The molecule has 2 aromatic carbocycles. The molecule has 7 nitrogen and oxygen atoms in total. The van der Waals surface area contributed by atoms with Gasteiger partial charge in [-0.25, -0.2) is 0 Å². The Morgan fingerprint density at radius 1 is 1.22 bits per heavy atom. The van der Waals surface area contributed by atoms with Gasteiger partial charge in [-0.15, -0.1) is 10.2 Å². The van der Waals surface area contributed by atoms with Crippen LogP contribution < -0.4 is 10.1 Å². The van der Waals surface area contributed by atoms with Crippen LogP contribution in [-0.4, -0.2) is 45.2 Å². The predicted molar refractivity (Wildman–Crippen MR) is 124 cm³/mol. The lowest BCUT2D eigenvalue weighted by molar-refractivity contribution is -0.120. The Morgan fingerprint density at radius 3 is 2.75 bits per heavy atom. The smallest absolute Gasteiger partial charge is 0.233 e. The summed E-state index contributed by atoms with van der Waals surface area (Å²) in [5.41, 5.74) is 1.99. The van der Waals surface area contributed by atoms with Crippen LogP contribution in [0.5, 0.6) is 5.75 Å². The maximum atomic E-state index is 12.6. The van der Waals surface area contributed by atoms with Crippen molar-refractivity contribution in [2.45, 2.75) is 49.8 Å². The molecular weight excluding hydrogens is 424 g/mol. The fraction of sp³-hybridized carbons (Fsp3) is 0.375. The molecule has 3 aromatic rings. The summed E-state index contributed by atoms with van der Waals surface area (Å²) in [4.78, 5) is 12.6. The van der Waals surface area contributed by atoms with Gasteiger partial charge in [0, 0.05) is 18.8 Å². The summed E-state index contributed by atoms with van der Waals surface area (Å²) >= 11 is 1.38. The molecule has 1 aliphatic rings. The number of nitrogens with one attached hydrogen (secondary N) is 1. The van der Waals surface area contributed by atoms with Crippen LogP contribution in [-0.2, 0) is 16.1 Å². The van der Waals surface area contributed by atoms with E-state index in [9.17, 15) is 4.79 Å². The van der Waals surface area contributed by atoms with E-state index in [1.54, 1.807) is 0 Å². The Bertz CT molecular complexity index is 1030. The molecule has 0 spiro atoms. The molecule has 0 aliphatic carbocycles. The highest BCUT2D eigenvalue weighted by Crippen LogP contribution is 2.27. The van der Waals surface area contributed by atoms with Gasteiger partial charge in [0.2, 0.25) is 5.91 Å². The fourth-order valence-electron chi connectivity index (χ4n) is 3.54. The van der Waals surface area contributed by atoms with Gasteiger partial charge >= 0.3 is 0 Å². The molecule has 32 heavy (non-hydrogen) atoms. The summed E-state index contributed by atoms with van der Waals surface area (Å²) in [6.45, 7) is 5.48. The summed E-state index contributed by atoms with van der Waals surface area (Å²) < 4.78 is 13.6. The van der Waals surface area contributed by atoms with Gasteiger partial charge < -0.3 is 14.8 Å². The number of ether oxygens (including phenoxy) is 2. The zero-order valence-corrected chi connectivity index (χ0v) is 19.2. The summed E-state index contributed by atoms with van der Waals surface area (Å²) in [5.74, 6) is 1.45. The zero-order valence-electron chi connectivity index (χ0n) is 18.4. The molecule has 2 heterocycles. The number of hydrogen-bond acceptors (Lipinski definition) is 6. The minimum Gasteiger partial charge on any atom is -0.485 e. The van der Waals surface area contributed by atoms with Crippen LogP contribution in [0, 0.1) is 6.92 Å². The first-order chi connectivity index (χ1) is 15.6. The monoisotopic (exact) mass is 452 g/mol. The van der Waals surface area contributed by atoms with Gasteiger partial charge in [-0.05, 0) is 50.5 Å². The Morgan fingerprint density at radius 2 is 2.00 bits per heavy atom. The Labute approximate surface area is 192 Å². The highest BCUT2D eigenvalue weighted by atomic mass is 32.2. The molecule has 168 valence electrons. The molecule has 1 aliphatic heterocycles. The highest BCUT2D eigenvalue weighted by Gasteiger charge is 2.23. The number of aromatic nitrogens is 3. The molecular formula is C24H28N4O3S. The Hall–Kier alpha value is -2.84. The number of aryl methyl sites for hydroxylation is 1. The van der Waals surface area contributed by atoms with Crippen LogP contribution in [0.25, 0.3) is 5.69 Å². The number of rotatable bonds is 9. The molecule has 4 rings (SSSR count). The summed E-state index contributed by atoms with van der Waals surface area (Å²) in [7, 11) is 0. The lowest BCUT2D eigenvalue weighted by atomic mass is 10.2. The number of thioether (sulfide) groups is 1. The van der Waals surface area contributed by atoms with Crippen molar-refractivity contribution >= 4 is 17.7 Å². The van der Waals surface area contributed by atoms with Crippen molar-refractivity contribution in [1.82, 2.24) is 20.1 Å². The molecule has 8 heteroatoms. The van der Waals surface area contributed by atoms with Crippen LogP contribution >= 0.6 is 11.8 Å². The molecule has 1 saturated heterocycles.